The molecular weight excluding hydrogens is 312 g/mol. The van der Waals surface area contributed by atoms with Crippen molar-refractivity contribution in [2.24, 2.45) is 0 Å². The Bertz CT molecular complexity index is 916. The van der Waals surface area contributed by atoms with E-state index in [0.29, 0.717) is 16.9 Å². The molecule has 4 nitrogen and oxygen atoms in total. The number of amides is 2. The van der Waals surface area contributed by atoms with E-state index in [-0.39, 0.29) is 11.8 Å². The molecule has 0 atom stereocenters. The molecule has 0 N–H and O–H groups in total. The topological polar surface area (TPSA) is 50.3 Å². The van der Waals surface area contributed by atoms with E-state index in [0.717, 1.165) is 23.4 Å². The molecule has 3 aromatic rings. The van der Waals surface area contributed by atoms with Crippen LogP contribution in [0.2, 0.25) is 0 Å². The predicted octanol–water partition coefficient (Wildman–Crippen LogP) is 3.67. The second-order valence-electron chi connectivity index (χ2n) is 5.96. The molecular formula is C21H16N2O2. The largest absolute Gasteiger partial charge is 0.268 e. The van der Waals surface area contributed by atoms with Gasteiger partial charge in [0.05, 0.1) is 11.1 Å². The number of nitrogens with zero attached hydrogens (tertiary/aromatic N) is 2. The summed E-state index contributed by atoms with van der Waals surface area (Å²) in [7, 11) is 0. The number of imide groups is 1. The van der Waals surface area contributed by atoms with Crippen LogP contribution in [0.25, 0.3) is 0 Å². The monoisotopic (exact) mass is 328 g/mol. The normalized spacial score (nSPS) is 13.2. The lowest BCUT2D eigenvalue weighted by Gasteiger charge is -2.13. The molecule has 1 aromatic heterocycles. The Morgan fingerprint density at radius 1 is 0.680 bits per heavy atom. The number of rotatable bonds is 4. The van der Waals surface area contributed by atoms with Crippen LogP contribution in [0.15, 0.2) is 72.8 Å². The third-order valence-corrected chi connectivity index (χ3v) is 4.33. The molecule has 122 valence electrons. The van der Waals surface area contributed by atoms with E-state index >= 15 is 0 Å². The van der Waals surface area contributed by atoms with Gasteiger partial charge in [0.1, 0.15) is 5.82 Å². The SMILES string of the molecule is O=C1c2ccccc2C(=O)N1c1cccc(CCc2ccccc2)n1. The molecule has 0 saturated heterocycles. The van der Waals surface area contributed by atoms with E-state index in [1.807, 2.05) is 30.3 Å². The van der Waals surface area contributed by atoms with E-state index in [9.17, 15) is 9.59 Å². The van der Waals surface area contributed by atoms with Gasteiger partial charge in [0.2, 0.25) is 0 Å². The van der Waals surface area contributed by atoms with Gasteiger partial charge >= 0.3 is 0 Å². The van der Waals surface area contributed by atoms with E-state index < -0.39 is 0 Å². The fraction of sp³-hybridized carbons (Fsp3) is 0.0952. The summed E-state index contributed by atoms with van der Waals surface area (Å²) in [6.45, 7) is 0. The van der Waals surface area contributed by atoms with Crippen LogP contribution in [-0.2, 0) is 12.8 Å². The third kappa shape index (κ3) is 2.83. The van der Waals surface area contributed by atoms with Crippen LogP contribution in [0.1, 0.15) is 32.0 Å². The summed E-state index contributed by atoms with van der Waals surface area (Å²) in [6, 6.07) is 22.5. The average Bonchev–Trinajstić information content (AvgIpc) is 2.92. The van der Waals surface area contributed by atoms with Crippen molar-refractivity contribution >= 4 is 17.6 Å². The molecule has 2 heterocycles. The first-order valence-electron chi connectivity index (χ1n) is 8.22. The molecule has 0 unspecified atom stereocenters. The minimum atomic E-state index is -0.312. The van der Waals surface area contributed by atoms with Crippen LogP contribution in [-0.4, -0.2) is 16.8 Å². The number of benzene rings is 2. The number of fused-ring (bicyclic) bond motifs is 1. The summed E-state index contributed by atoms with van der Waals surface area (Å²) in [6.07, 6.45) is 1.61. The highest BCUT2D eigenvalue weighted by molar-refractivity contribution is 6.34. The van der Waals surface area contributed by atoms with Crippen molar-refractivity contribution in [3.05, 3.63) is 95.2 Å². The lowest BCUT2D eigenvalue weighted by molar-refractivity contribution is 0.0925. The Labute approximate surface area is 145 Å². The lowest BCUT2D eigenvalue weighted by Crippen LogP contribution is -2.30. The van der Waals surface area contributed by atoms with E-state index in [4.69, 9.17) is 0 Å². The molecule has 0 spiro atoms. The van der Waals surface area contributed by atoms with Gasteiger partial charge in [0.25, 0.3) is 11.8 Å². The summed E-state index contributed by atoms with van der Waals surface area (Å²) < 4.78 is 0. The summed E-state index contributed by atoms with van der Waals surface area (Å²) in [5.41, 5.74) is 2.96. The quantitative estimate of drug-likeness (QED) is 0.687. The molecule has 0 radical (unpaired) electrons. The van der Waals surface area contributed by atoms with Crippen LogP contribution < -0.4 is 4.90 Å². The second kappa shape index (κ2) is 6.32. The van der Waals surface area contributed by atoms with Gasteiger partial charge < -0.3 is 0 Å². The molecule has 2 aromatic carbocycles. The molecule has 1 aliphatic heterocycles. The zero-order valence-corrected chi connectivity index (χ0v) is 13.6. The number of anilines is 1. The third-order valence-electron chi connectivity index (χ3n) is 4.33. The molecule has 0 aliphatic carbocycles. The Kier molecular flexibility index (Phi) is 3.86. The van der Waals surface area contributed by atoms with Crippen molar-refractivity contribution in [2.75, 3.05) is 4.90 Å². The van der Waals surface area contributed by atoms with Crippen molar-refractivity contribution in [2.45, 2.75) is 12.8 Å². The van der Waals surface area contributed by atoms with Gasteiger partial charge in [-0.15, -0.1) is 0 Å². The number of hydrogen-bond donors (Lipinski definition) is 0. The summed E-state index contributed by atoms with van der Waals surface area (Å²) >= 11 is 0. The molecule has 0 fully saturated rings. The zero-order valence-electron chi connectivity index (χ0n) is 13.6. The number of aryl methyl sites for hydroxylation is 2. The number of aromatic nitrogens is 1. The maximum absolute atomic E-state index is 12.6. The first-order valence-corrected chi connectivity index (χ1v) is 8.22. The van der Waals surface area contributed by atoms with Crippen molar-refractivity contribution in [1.29, 1.82) is 0 Å². The maximum atomic E-state index is 12.6. The fourth-order valence-corrected chi connectivity index (χ4v) is 3.05. The standard InChI is InChI=1S/C21H16N2O2/c24-20-17-10-4-5-11-18(17)21(25)23(20)19-12-6-9-16(22-19)14-13-15-7-2-1-3-8-15/h1-12H,13-14H2. The van der Waals surface area contributed by atoms with Crippen LogP contribution in [0.3, 0.4) is 0 Å². The van der Waals surface area contributed by atoms with Gasteiger partial charge in [-0.05, 0) is 42.7 Å². The number of pyridine rings is 1. The maximum Gasteiger partial charge on any atom is 0.267 e. The Hall–Kier alpha value is -3.27. The number of hydrogen-bond acceptors (Lipinski definition) is 3. The van der Waals surface area contributed by atoms with Gasteiger partial charge in [0, 0.05) is 5.69 Å². The van der Waals surface area contributed by atoms with Gasteiger partial charge in [0.15, 0.2) is 0 Å². The molecule has 0 bridgehead atoms. The van der Waals surface area contributed by atoms with E-state index in [2.05, 4.69) is 17.1 Å². The summed E-state index contributed by atoms with van der Waals surface area (Å²) in [4.78, 5) is 30.8. The van der Waals surface area contributed by atoms with Crippen LogP contribution in [0.5, 0.6) is 0 Å². The van der Waals surface area contributed by atoms with Crippen molar-refractivity contribution in [1.82, 2.24) is 4.98 Å². The first kappa shape index (κ1) is 15.3. The Balaban J connectivity index is 1.58. The van der Waals surface area contributed by atoms with Gasteiger partial charge in [-0.1, -0.05) is 48.5 Å². The molecule has 1 aliphatic rings. The fourth-order valence-electron chi connectivity index (χ4n) is 3.05. The van der Waals surface area contributed by atoms with Crippen LogP contribution in [0.4, 0.5) is 5.82 Å². The highest BCUT2D eigenvalue weighted by Crippen LogP contribution is 2.27. The van der Waals surface area contributed by atoms with Crippen molar-refractivity contribution < 1.29 is 9.59 Å². The lowest BCUT2D eigenvalue weighted by atomic mass is 10.1. The molecule has 2 amide bonds. The molecule has 0 saturated carbocycles. The highest BCUT2D eigenvalue weighted by Gasteiger charge is 2.37. The zero-order chi connectivity index (χ0) is 17.2. The average molecular weight is 328 g/mol. The van der Waals surface area contributed by atoms with E-state index in [1.165, 1.54) is 5.56 Å². The number of carbonyl (C=O) groups is 2. The highest BCUT2D eigenvalue weighted by atomic mass is 16.2. The first-order chi connectivity index (χ1) is 12.2. The Morgan fingerprint density at radius 3 is 2.00 bits per heavy atom. The summed E-state index contributed by atoms with van der Waals surface area (Å²) in [5.74, 6) is -0.238. The van der Waals surface area contributed by atoms with Crippen LogP contribution >= 0.6 is 0 Å². The van der Waals surface area contributed by atoms with Gasteiger partial charge in [-0.2, -0.15) is 0 Å². The summed E-state index contributed by atoms with van der Waals surface area (Å²) in [5, 5.41) is 0. The molecule has 4 rings (SSSR count). The second-order valence-corrected chi connectivity index (χ2v) is 5.96. The number of carbonyl (C=O) groups excluding carboxylic acids is 2. The van der Waals surface area contributed by atoms with Crippen LogP contribution in [0, 0.1) is 0 Å². The van der Waals surface area contributed by atoms with Gasteiger partial charge in [-0.3, -0.25) is 9.59 Å². The van der Waals surface area contributed by atoms with Gasteiger partial charge in [-0.25, -0.2) is 9.88 Å². The van der Waals surface area contributed by atoms with E-state index in [1.54, 1.807) is 30.3 Å². The predicted molar refractivity (Wildman–Crippen MR) is 95.7 cm³/mol. The molecule has 4 heteroatoms. The van der Waals surface area contributed by atoms with Crippen molar-refractivity contribution in [3.63, 3.8) is 0 Å². The minimum absolute atomic E-state index is 0.312. The smallest absolute Gasteiger partial charge is 0.267 e. The molecule has 25 heavy (non-hydrogen) atoms. The Morgan fingerprint density at radius 2 is 1.32 bits per heavy atom. The minimum Gasteiger partial charge on any atom is -0.268 e. The van der Waals surface area contributed by atoms with Crippen molar-refractivity contribution in [3.8, 4) is 0 Å².